The van der Waals surface area contributed by atoms with Crippen LogP contribution in [0.4, 0.5) is 0 Å². The molecule has 8 nitrogen and oxygen atoms in total. The van der Waals surface area contributed by atoms with E-state index < -0.39 is 21.4 Å². The highest BCUT2D eigenvalue weighted by molar-refractivity contribution is 7.72. The third-order valence-corrected chi connectivity index (χ3v) is 6.75. The van der Waals surface area contributed by atoms with Crippen LogP contribution in [0.25, 0.3) is 0 Å². The van der Waals surface area contributed by atoms with Gasteiger partial charge in [0.2, 0.25) is 0 Å². The van der Waals surface area contributed by atoms with E-state index in [0.717, 1.165) is 18.7 Å². The topological polar surface area (TPSA) is 101 Å². The number of esters is 1. The van der Waals surface area contributed by atoms with Crippen molar-refractivity contribution in [2.24, 2.45) is 0 Å². The monoisotopic (exact) mass is 490 g/mol. The molecule has 1 aromatic rings. The van der Waals surface area contributed by atoms with Gasteiger partial charge in [0, 0.05) is 30.5 Å². The molecule has 0 radical (unpaired) electrons. The van der Waals surface area contributed by atoms with Crippen LogP contribution in [0, 0.1) is 0 Å². The lowest BCUT2D eigenvalue weighted by molar-refractivity contribution is -0.144. The minimum absolute atomic E-state index is 0.0799. The third-order valence-electron chi connectivity index (χ3n) is 5.38. The quantitative estimate of drug-likeness (QED) is 0.237. The summed E-state index contributed by atoms with van der Waals surface area (Å²) in [4.78, 5) is 16.6. The lowest BCUT2D eigenvalue weighted by atomic mass is 9.99. The minimum atomic E-state index is -2.46. The smallest absolute Gasteiger partial charge is 0.305 e. The van der Waals surface area contributed by atoms with Crippen LogP contribution in [0.1, 0.15) is 51.1 Å². The van der Waals surface area contributed by atoms with Gasteiger partial charge in [-0.05, 0) is 51.0 Å². The first-order valence-electron chi connectivity index (χ1n) is 11.3. The zero-order chi connectivity index (χ0) is 23.8. The molecule has 0 fully saturated rings. The zero-order valence-electron chi connectivity index (χ0n) is 19.2. The Morgan fingerprint density at radius 1 is 0.906 bits per heavy atom. The van der Waals surface area contributed by atoms with E-state index in [1.165, 1.54) is 0 Å². The Kier molecular flexibility index (Phi) is 15.2. The van der Waals surface area contributed by atoms with Gasteiger partial charge in [0.05, 0.1) is 0 Å². The second kappa shape index (κ2) is 17.0. The predicted octanol–water partition coefficient (Wildman–Crippen LogP) is 1.70. The van der Waals surface area contributed by atoms with E-state index in [4.69, 9.17) is 4.74 Å². The second-order valence-corrected chi connectivity index (χ2v) is 9.79. The first-order valence-corrected chi connectivity index (χ1v) is 14.0. The van der Waals surface area contributed by atoms with Crippen molar-refractivity contribution in [1.82, 2.24) is 9.80 Å². The van der Waals surface area contributed by atoms with Crippen LogP contribution >= 0.6 is 0 Å². The van der Waals surface area contributed by atoms with Crippen LogP contribution in [0.3, 0.4) is 0 Å². The lowest BCUT2D eigenvalue weighted by Gasteiger charge is -2.32. The van der Waals surface area contributed by atoms with Gasteiger partial charge in [-0.3, -0.25) is 9.69 Å². The molecule has 1 unspecified atom stereocenters. The SMILES string of the molecule is CCN(CC)CCOC(=O)CCC(c1ccccc1)N(CCC[SH](=O)=O)CCC[SH](=O)=O. The normalized spacial score (nSPS) is 12.7. The fourth-order valence-electron chi connectivity index (χ4n) is 3.62. The maximum Gasteiger partial charge on any atom is 0.305 e. The summed E-state index contributed by atoms with van der Waals surface area (Å²) in [5.41, 5.74) is 1.02. The molecule has 10 heteroatoms. The number of nitrogens with zero attached hydrogens (tertiary/aromatic N) is 2. The predicted molar refractivity (Wildman–Crippen MR) is 128 cm³/mol. The van der Waals surface area contributed by atoms with Gasteiger partial charge >= 0.3 is 5.97 Å². The van der Waals surface area contributed by atoms with Crippen molar-refractivity contribution in [3.8, 4) is 0 Å². The molecule has 0 aliphatic rings. The maximum absolute atomic E-state index is 12.3. The van der Waals surface area contributed by atoms with Crippen LogP contribution < -0.4 is 0 Å². The number of hydrogen-bond acceptors (Lipinski definition) is 8. The van der Waals surface area contributed by atoms with Crippen molar-refractivity contribution in [1.29, 1.82) is 0 Å². The van der Waals surface area contributed by atoms with Crippen molar-refractivity contribution < 1.29 is 26.4 Å². The molecule has 0 aliphatic heterocycles. The van der Waals surface area contributed by atoms with Crippen molar-refractivity contribution in [3.05, 3.63) is 35.9 Å². The molecular weight excluding hydrogens is 452 g/mol. The Hall–Kier alpha value is -1.49. The van der Waals surface area contributed by atoms with Crippen LogP contribution in [-0.2, 0) is 30.9 Å². The van der Waals surface area contributed by atoms with E-state index in [-0.39, 0.29) is 29.9 Å². The number of hydrogen-bond donors (Lipinski definition) is 2. The molecular formula is C22H38N2O6S2. The van der Waals surface area contributed by atoms with E-state index in [1.807, 2.05) is 30.3 Å². The Bertz CT molecular complexity index is 751. The first kappa shape index (κ1) is 28.5. The van der Waals surface area contributed by atoms with E-state index in [0.29, 0.717) is 45.5 Å². The zero-order valence-corrected chi connectivity index (χ0v) is 21.0. The van der Waals surface area contributed by atoms with Gasteiger partial charge < -0.3 is 9.64 Å². The standard InChI is InChI=1S/C22H38N2O6S2/c1-3-23(4-2)16-17-30-22(25)13-12-21(20-10-6-5-7-11-20)24(14-8-18-31(26)27)15-9-19-32(28)29/h5-7,10-11,21,31-32H,3-4,8-9,12-19H2,1-2H3. The van der Waals surface area contributed by atoms with Crippen LogP contribution in [-0.4, -0.2) is 83.4 Å². The summed E-state index contributed by atoms with van der Waals surface area (Å²) in [7, 11) is -4.93. The summed E-state index contributed by atoms with van der Waals surface area (Å²) in [6.45, 7) is 8.02. The third kappa shape index (κ3) is 12.5. The van der Waals surface area contributed by atoms with Crippen LogP contribution in [0.5, 0.6) is 0 Å². The average Bonchev–Trinajstić information content (AvgIpc) is 2.76. The molecule has 0 saturated carbocycles. The van der Waals surface area contributed by atoms with E-state index in [2.05, 4.69) is 23.6 Å². The number of thiol groups is 2. The van der Waals surface area contributed by atoms with Gasteiger partial charge in [-0.25, -0.2) is 16.8 Å². The molecule has 0 aromatic heterocycles. The Balaban J connectivity index is 2.82. The Labute approximate surface area is 195 Å². The van der Waals surface area contributed by atoms with Gasteiger partial charge in [-0.15, -0.1) is 0 Å². The number of carbonyl (C=O) groups is 1. The lowest BCUT2D eigenvalue weighted by Crippen LogP contribution is -2.33. The largest absolute Gasteiger partial charge is 0.464 e. The van der Waals surface area contributed by atoms with Crippen molar-refractivity contribution >= 4 is 27.4 Å². The molecule has 1 rings (SSSR count). The number of likely N-dealkylation sites (N-methyl/N-ethyl adjacent to an activating group) is 1. The van der Waals surface area contributed by atoms with Crippen molar-refractivity contribution in [3.63, 3.8) is 0 Å². The van der Waals surface area contributed by atoms with Crippen LogP contribution in [0.2, 0.25) is 0 Å². The van der Waals surface area contributed by atoms with Gasteiger partial charge in [-0.1, -0.05) is 44.2 Å². The highest BCUT2D eigenvalue weighted by Crippen LogP contribution is 2.26. The van der Waals surface area contributed by atoms with Crippen molar-refractivity contribution in [2.45, 2.75) is 45.6 Å². The van der Waals surface area contributed by atoms with Gasteiger partial charge in [0.15, 0.2) is 0 Å². The van der Waals surface area contributed by atoms with Gasteiger partial charge in [0.25, 0.3) is 0 Å². The number of carbonyl (C=O) groups excluding carboxylic acids is 1. The fourth-order valence-corrected chi connectivity index (χ4v) is 4.42. The summed E-state index contributed by atoms with van der Waals surface area (Å²) < 4.78 is 49.4. The number of ether oxygens (including phenoxy) is 1. The molecule has 0 bridgehead atoms. The summed E-state index contributed by atoms with van der Waals surface area (Å²) >= 11 is 0. The molecule has 0 saturated heterocycles. The van der Waals surface area contributed by atoms with E-state index in [1.54, 1.807) is 0 Å². The van der Waals surface area contributed by atoms with E-state index >= 15 is 0 Å². The molecule has 184 valence electrons. The summed E-state index contributed by atoms with van der Waals surface area (Å²) in [5.74, 6) is -0.101. The molecule has 0 heterocycles. The summed E-state index contributed by atoms with van der Waals surface area (Å²) in [6, 6.07) is 9.59. The number of rotatable bonds is 18. The molecule has 1 aromatic carbocycles. The highest BCUT2D eigenvalue weighted by Gasteiger charge is 2.21. The summed E-state index contributed by atoms with van der Waals surface area (Å²) in [6.07, 6.45) is 1.67. The van der Waals surface area contributed by atoms with Gasteiger partial charge in [0.1, 0.15) is 28.0 Å². The molecule has 32 heavy (non-hydrogen) atoms. The van der Waals surface area contributed by atoms with Crippen LogP contribution in [0.15, 0.2) is 30.3 Å². The highest BCUT2D eigenvalue weighted by atomic mass is 32.2. The number of benzene rings is 1. The summed E-state index contributed by atoms with van der Waals surface area (Å²) in [5, 5.41) is 0. The molecule has 0 spiro atoms. The second-order valence-electron chi connectivity index (χ2n) is 7.57. The molecule has 0 amide bonds. The Morgan fingerprint density at radius 3 is 1.97 bits per heavy atom. The maximum atomic E-state index is 12.3. The molecule has 1 atom stereocenters. The molecule has 0 aliphatic carbocycles. The average molecular weight is 491 g/mol. The minimum Gasteiger partial charge on any atom is -0.464 e. The fraction of sp³-hybridized carbons (Fsp3) is 0.682. The van der Waals surface area contributed by atoms with Crippen molar-refractivity contribution in [2.75, 3.05) is 50.8 Å². The first-order chi connectivity index (χ1) is 15.4. The Morgan fingerprint density at radius 2 is 1.47 bits per heavy atom. The van der Waals surface area contributed by atoms with E-state index in [9.17, 15) is 21.6 Å². The van der Waals surface area contributed by atoms with Gasteiger partial charge in [-0.2, -0.15) is 0 Å². The molecule has 0 N–H and O–H groups in total.